The molecule has 23 heavy (non-hydrogen) atoms. The molecule has 2 aromatic heterocycles. The number of nitrogens with zero attached hydrogens (tertiary/aromatic N) is 2. The minimum absolute atomic E-state index is 0.211. The number of carbonyl (C=O) groups excluding carboxylic acids is 1. The Morgan fingerprint density at radius 3 is 2.78 bits per heavy atom. The van der Waals surface area contributed by atoms with Crippen LogP contribution in [0.3, 0.4) is 0 Å². The maximum atomic E-state index is 12.1. The van der Waals surface area contributed by atoms with Gasteiger partial charge >= 0.3 is 0 Å². The molecule has 0 spiro atoms. The number of benzene rings is 1. The lowest BCUT2D eigenvalue weighted by Gasteiger charge is -2.05. The van der Waals surface area contributed by atoms with E-state index in [0.29, 0.717) is 17.3 Å². The fourth-order valence-corrected chi connectivity index (χ4v) is 2.60. The zero-order valence-electron chi connectivity index (χ0n) is 12.1. The molecular weight excluding hydrogens is 312 g/mol. The number of hydrogen-bond acceptors (Lipinski definition) is 6. The molecule has 0 bridgehead atoms. The van der Waals surface area contributed by atoms with Gasteiger partial charge in [-0.05, 0) is 24.3 Å². The van der Waals surface area contributed by atoms with Crippen LogP contribution in [0, 0.1) is 0 Å². The highest BCUT2D eigenvalue weighted by atomic mass is 32.1. The highest BCUT2D eigenvalue weighted by Gasteiger charge is 2.11. The van der Waals surface area contributed by atoms with E-state index in [-0.39, 0.29) is 11.7 Å². The third-order valence-corrected chi connectivity index (χ3v) is 3.86. The number of pyridine rings is 1. The number of carbonyl (C=O) groups is 1. The molecule has 0 aliphatic rings. The van der Waals surface area contributed by atoms with Crippen LogP contribution in [0.5, 0.6) is 10.9 Å². The molecular formula is C16H14N4O2S. The molecule has 0 unspecified atom stereocenters. The minimum Gasteiger partial charge on any atom is -0.431 e. The van der Waals surface area contributed by atoms with E-state index in [1.165, 1.54) is 11.3 Å². The van der Waals surface area contributed by atoms with E-state index in [1.54, 1.807) is 24.5 Å². The Morgan fingerprint density at radius 1 is 1.17 bits per heavy atom. The van der Waals surface area contributed by atoms with Crippen molar-refractivity contribution in [3.63, 3.8) is 0 Å². The number of nitrogen functional groups attached to an aromatic ring is 1. The Balaban J connectivity index is 1.59. The molecule has 0 saturated heterocycles. The van der Waals surface area contributed by atoms with Gasteiger partial charge in [0.1, 0.15) is 11.6 Å². The highest BCUT2D eigenvalue weighted by Crippen LogP contribution is 2.26. The van der Waals surface area contributed by atoms with E-state index >= 15 is 0 Å². The molecule has 7 heteroatoms. The first-order valence-electron chi connectivity index (χ1n) is 6.88. The van der Waals surface area contributed by atoms with Crippen LogP contribution in [-0.4, -0.2) is 15.9 Å². The molecule has 0 radical (unpaired) electrons. The summed E-state index contributed by atoms with van der Waals surface area (Å²) in [6.07, 6.45) is 3.22. The first-order chi connectivity index (χ1) is 11.2. The van der Waals surface area contributed by atoms with Crippen LogP contribution < -0.4 is 15.8 Å². The second kappa shape index (κ2) is 6.89. The third-order valence-electron chi connectivity index (χ3n) is 2.99. The Labute approximate surface area is 137 Å². The van der Waals surface area contributed by atoms with Crippen LogP contribution >= 0.6 is 11.3 Å². The molecule has 0 aliphatic carbocycles. The lowest BCUT2D eigenvalue weighted by atomic mass is 10.2. The van der Waals surface area contributed by atoms with Gasteiger partial charge < -0.3 is 15.8 Å². The van der Waals surface area contributed by atoms with Gasteiger partial charge in [-0.1, -0.05) is 29.5 Å². The van der Waals surface area contributed by atoms with Gasteiger partial charge in [0.2, 0.25) is 0 Å². The molecule has 1 amide bonds. The van der Waals surface area contributed by atoms with Crippen LogP contribution in [0.25, 0.3) is 0 Å². The van der Waals surface area contributed by atoms with Gasteiger partial charge in [0.05, 0.1) is 12.1 Å². The summed E-state index contributed by atoms with van der Waals surface area (Å²) < 4.78 is 5.63. The number of anilines is 1. The number of nitrogens with two attached hydrogens (primary N) is 1. The molecule has 0 atom stereocenters. The van der Waals surface area contributed by atoms with Crippen molar-refractivity contribution in [3.8, 4) is 10.9 Å². The minimum atomic E-state index is -0.269. The summed E-state index contributed by atoms with van der Waals surface area (Å²) in [5.74, 6) is 0.664. The van der Waals surface area contributed by atoms with E-state index in [4.69, 9.17) is 10.5 Å². The zero-order valence-corrected chi connectivity index (χ0v) is 12.9. The fraction of sp³-hybridized carbons (Fsp3) is 0.0625. The maximum absolute atomic E-state index is 12.1. The number of para-hydroxylation sites is 1. The average molecular weight is 326 g/mol. The van der Waals surface area contributed by atoms with E-state index in [0.717, 1.165) is 10.6 Å². The van der Waals surface area contributed by atoms with Gasteiger partial charge in [0.25, 0.3) is 11.1 Å². The summed E-state index contributed by atoms with van der Waals surface area (Å²) in [5.41, 5.74) is 6.04. The third kappa shape index (κ3) is 3.83. The fourth-order valence-electron chi connectivity index (χ4n) is 1.88. The number of hydrogen-bond donors (Lipinski definition) is 2. The topological polar surface area (TPSA) is 90.1 Å². The number of aromatic nitrogens is 2. The van der Waals surface area contributed by atoms with Crippen molar-refractivity contribution >= 4 is 23.1 Å². The molecule has 1 aromatic carbocycles. The number of nitrogens with one attached hydrogen (secondary N) is 1. The van der Waals surface area contributed by atoms with Gasteiger partial charge in [0.15, 0.2) is 0 Å². The van der Waals surface area contributed by atoms with Crippen molar-refractivity contribution < 1.29 is 9.53 Å². The standard InChI is InChI=1S/C16H14N4O2S/c17-14-13(7-4-8-18-14)15(21)19-9-12-10-20-16(23-12)22-11-5-2-1-3-6-11/h1-8,10H,9H2,(H2,17,18)(H,19,21). The van der Waals surface area contributed by atoms with E-state index in [9.17, 15) is 4.79 Å². The molecule has 116 valence electrons. The molecule has 3 rings (SSSR count). The van der Waals surface area contributed by atoms with Crippen molar-refractivity contribution in [3.05, 3.63) is 65.3 Å². The maximum Gasteiger partial charge on any atom is 0.278 e. The smallest absolute Gasteiger partial charge is 0.278 e. The van der Waals surface area contributed by atoms with Crippen molar-refractivity contribution in [2.24, 2.45) is 0 Å². The van der Waals surface area contributed by atoms with Gasteiger partial charge in [-0.2, -0.15) is 0 Å². The summed E-state index contributed by atoms with van der Waals surface area (Å²) in [6, 6.07) is 12.7. The largest absolute Gasteiger partial charge is 0.431 e. The van der Waals surface area contributed by atoms with Crippen LogP contribution in [0.2, 0.25) is 0 Å². The Kier molecular flexibility index (Phi) is 4.49. The molecule has 0 saturated carbocycles. The summed E-state index contributed by atoms with van der Waals surface area (Å²) in [4.78, 5) is 21.0. The quantitative estimate of drug-likeness (QED) is 0.752. The number of thiazole rings is 1. The Bertz CT molecular complexity index is 805. The number of rotatable bonds is 5. The monoisotopic (exact) mass is 326 g/mol. The van der Waals surface area contributed by atoms with E-state index < -0.39 is 0 Å². The lowest BCUT2D eigenvalue weighted by Crippen LogP contribution is -2.23. The summed E-state index contributed by atoms with van der Waals surface area (Å²) in [6.45, 7) is 0.350. The van der Waals surface area contributed by atoms with Crippen molar-refractivity contribution in [1.29, 1.82) is 0 Å². The van der Waals surface area contributed by atoms with Crippen LogP contribution in [0.1, 0.15) is 15.2 Å². The summed E-state index contributed by atoms with van der Waals surface area (Å²) >= 11 is 1.37. The zero-order chi connectivity index (χ0) is 16.1. The second-order valence-corrected chi connectivity index (χ2v) is 5.70. The predicted molar refractivity (Wildman–Crippen MR) is 88.4 cm³/mol. The molecule has 3 aromatic rings. The SMILES string of the molecule is Nc1ncccc1C(=O)NCc1cnc(Oc2ccccc2)s1. The summed E-state index contributed by atoms with van der Waals surface area (Å²) in [7, 11) is 0. The molecule has 6 nitrogen and oxygen atoms in total. The van der Waals surface area contributed by atoms with E-state index in [2.05, 4.69) is 15.3 Å². The molecule has 2 heterocycles. The van der Waals surface area contributed by atoms with Gasteiger partial charge in [-0.15, -0.1) is 0 Å². The van der Waals surface area contributed by atoms with Gasteiger partial charge in [-0.3, -0.25) is 4.79 Å². The van der Waals surface area contributed by atoms with Crippen LogP contribution in [0.4, 0.5) is 5.82 Å². The van der Waals surface area contributed by atoms with E-state index in [1.807, 2.05) is 30.3 Å². The van der Waals surface area contributed by atoms with Crippen molar-refractivity contribution in [2.45, 2.75) is 6.54 Å². The Hall–Kier alpha value is -2.93. The van der Waals surface area contributed by atoms with Crippen molar-refractivity contribution in [2.75, 3.05) is 5.73 Å². The first-order valence-corrected chi connectivity index (χ1v) is 7.70. The lowest BCUT2D eigenvalue weighted by molar-refractivity contribution is 0.0952. The number of ether oxygens (including phenoxy) is 1. The van der Waals surface area contributed by atoms with Crippen LogP contribution in [-0.2, 0) is 6.54 Å². The molecule has 3 N–H and O–H groups in total. The van der Waals surface area contributed by atoms with Gasteiger partial charge in [0, 0.05) is 17.3 Å². The normalized spacial score (nSPS) is 10.3. The van der Waals surface area contributed by atoms with Crippen molar-refractivity contribution in [1.82, 2.24) is 15.3 Å². The predicted octanol–water partition coefficient (Wildman–Crippen LogP) is 2.84. The van der Waals surface area contributed by atoms with Gasteiger partial charge in [-0.25, -0.2) is 9.97 Å². The summed E-state index contributed by atoms with van der Waals surface area (Å²) in [5, 5.41) is 3.32. The number of amides is 1. The molecule has 0 aliphatic heterocycles. The first kappa shape index (κ1) is 15.0. The van der Waals surface area contributed by atoms with Crippen LogP contribution in [0.15, 0.2) is 54.9 Å². The Morgan fingerprint density at radius 2 is 2.00 bits per heavy atom. The molecule has 0 fully saturated rings. The second-order valence-electron chi connectivity index (χ2n) is 4.63. The average Bonchev–Trinajstić information content (AvgIpc) is 3.01. The highest BCUT2D eigenvalue weighted by molar-refractivity contribution is 7.13.